The van der Waals surface area contributed by atoms with Crippen LogP contribution in [0.15, 0.2) is 41.4 Å². The van der Waals surface area contributed by atoms with Gasteiger partial charge in [-0.1, -0.05) is 0 Å². The zero-order valence-electron chi connectivity index (χ0n) is 19.4. The molecule has 0 spiro atoms. The number of nitrogens with one attached hydrogen (secondary N) is 1. The van der Waals surface area contributed by atoms with Crippen LogP contribution in [0.2, 0.25) is 0 Å². The van der Waals surface area contributed by atoms with E-state index in [4.69, 9.17) is 9.47 Å². The first kappa shape index (κ1) is 23.7. The first-order valence-corrected chi connectivity index (χ1v) is 12.8. The molecule has 180 valence electrons. The standard InChI is InChI=1S/C23H32N4O5S/c1-17(2)32-22-7-6-19(33(29,30)27-11-13-31-14-12-27)15-20(22)24-23(28)16-26-10-9-25-8-4-5-21(25)18(26)3/h4-8,15,17-18H,9-14,16H2,1-3H3,(H,24,28). The van der Waals surface area contributed by atoms with Crippen LogP contribution in [-0.4, -0.2) is 73.6 Å². The van der Waals surface area contributed by atoms with Crippen LogP contribution in [0.5, 0.6) is 5.75 Å². The van der Waals surface area contributed by atoms with Crippen molar-refractivity contribution < 1.29 is 22.7 Å². The fraction of sp³-hybridized carbons (Fsp3) is 0.522. The van der Waals surface area contributed by atoms with Crippen molar-refractivity contribution >= 4 is 21.6 Å². The van der Waals surface area contributed by atoms with Gasteiger partial charge in [0.2, 0.25) is 15.9 Å². The van der Waals surface area contributed by atoms with Crippen molar-refractivity contribution in [1.29, 1.82) is 0 Å². The van der Waals surface area contributed by atoms with E-state index in [0.29, 0.717) is 37.7 Å². The quantitative estimate of drug-likeness (QED) is 0.659. The zero-order chi connectivity index (χ0) is 23.6. The number of ether oxygens (including phenoxy) is 2. The minimum Gasteiger partial charge on any atom is -0.489 e. The molecule has 1 saturated heterocycles. The predicted octanol–water partition coefficient (Wildman–Crippen LogP) is 2.31. The average Bonchev–Trinajstić information content (AvgIpc) is 3.27. The molecule has 2 aliphatic rings. The summed E-state index contributed by atoms with van der Waals surface area (Å²) in [5.41, 5.74) is 1.53. The largest absolute Gasteiger partial charge is 0.489 e. The molecule has 0 bridgehead atoms. The number of carbonyl (C=O) groups excluding carboxylic acids is 1. The van der Waals surface area contributed by atoms with Gasteiger partial charge in [-0.2, -0.15) is 4.31 Å². The van der Waals surface area contributed by atoms with Crippen LogP contribution in [0.3, 0.4) is 0 Å². The van der Waals surface area contributed by atoms with Gasteiger partial charge in [-0.15, -0.1) is 0 Å². The van der Waals surface area contributed by atoms with Crippen molar-refractivity contribution in [2.45, 2.75) is 44.4 Å². The summed E-state index contributed by atoms with van der Waals surface area (Å²) in [6.07, 6.45) is 1.93. The molecule has 0 radical (unpaired) electrons. The summed E-state index contributed by atoms with van der Waals surface area (Å²) >= 11 is 0. The van der Waals surface area contributed by atoms with Gasteiger partial charge in [0.05, 0.1) is 36.4 Å². The minimum atomic E-state index is -3.70. The smallest absolute Gasteiger partial charge is 0.243 e. The summed E-state index contributed by atoms with van der Waals surface area (Å²) in [6.45, 7) is 9.00. The molecule has 10 heteroatoms. The summed E-state index contributed by atoms with van der Waals surface area (Å²) in [5, 5.41) is 2.90. The van der Waals surface area contributed by atoms with Crippen molar-refractivity contribution in [3.63, 3.8) is 0 Å². The number of morpholine rings is 1. The van der Waals surface area contributed by atoms with E-state index in [1.165, 1.54) is 22.1 Å². The van der Waals surface area contributed by atoms with Crippen molar-refractivity contribution in [2.24, 2.45) is 0 Å². The van der Waals surface area contributed by atoms with Crippen LogP contribution in [0.1, 0.15) is 32.5 Å². The molecule has 2 aliphatic heterocycles. The third-order valence-electron chi connectivity index (χ3n) is 6.01. The Kier molecular flexibility index (Phi) is 7.08. The van der Waals surface area contributed by atoms with Gasteiger partial charge in [-0.25, -0.2) is 8.42 Å². The van der Waals surface area contributed by atoms with Crippen molar-refractivity contribution in [3.05, 3.63) is 42.2 Å². The molecule has 1 atom stereocenters. The second-order valence-corrected chi connectivity index (χ2v) is 10.6. The Morgan fingerprint density at radius 1 is 1.18 bits per heavy atom. The number of fused-ring (bicyclic) bond motifs is 1. The minimum absolute atomic E-state index is 0.110. The van der Waals surface area contributed by atoms with E-state index in [9.17, 15) is 13.2 Å². The lowest BCUT2D eigenvalue weighted by Crippen LogP contribution is -2.41. The van der Waals surface area contributed by atoms with Crippen LogP contribution < -0.4 is 10.1 Å². The summed E-state index contributed by atoms with van der Waals surface area (Å²) in [5.74, 6) is 0.233. The number of hydrogen-bond donors (Lipinski definition) is 1. The SMILES string of the molecule is CC(C)Oc1ccc(S(=O)(=O)N2CCOCC2)cc1NC(=O)CN1CCn2cccc2C1C. The van der Waals surface area contributed by atoms with Crippen LogP contribution in [0.4, 0.5) is 5.69 Å². The van der Waals surface area contributed by atoms with E-state index in [1.54, 1.807) is 6.07 Å². The van der Waals surface area contributed by atoms with Gasteiger partial charge in [-0.05, 0) is 51.1 Å². The maximum atomic E-state index is 13.1. The Labute approximate surface area is 195 Å². The maximum Gasteiger partial charge on any atom is 0.243 e. The second kappa shape index (κ2) is 9.84. The van der Waals surface area contributed by atoms with Gasteiger partial charge in [0.25, 0.3) is 0 Å². The van der Waals surface area contributed by atoms with Crippen LogP contribution in [-0.2, 0) is 26.1 Å². The number of aromatic nitrogens is 1. The van der Waals surface area contributed by atoms with Crippen LogP contribution >= 0.6 is 0 Å². The summed E-state index contributed by atoms with van der Waals surface area (Å²) in [4.78, 5) is 15.2. The molecule has 4 rings (SSSR count). The van der Waals surface area contributed by atoms with E-state index in [-0.39, 0.29) is 29.5 Å². The molecule has 1 N–H and O–H groups in total. The monoisotopic (exact) mass is 476 g/mol. The molecule has 1 aromatic carbocycles. The highest BCUT2D eigenvalue weighted by Crippen LogP contribution is 2.31. The normalized spacial score (nSPS) is 19.9. The number of benzene rings is 1. The molecule has 1 fully saturated rings. The number of carbonyl (C=O) groups is 1. The van der Waals surface area contributed by atoms with E-state index >= 15 is 0 Å². The molecule has 0 aliphatic carbocycles. The molecular formula is C23H32N4O5S. The van der Waals surface area contributed by atoms with Crippen LogP contribution in [0.25, 0.3) is 0 Å². The lowest BCUT2D eigenvalue weighted by atomic mass is 10.1. The molecular weight excluding hydrogens is 444 g/mol. The Morgan fingerprint density at radius 2 is 1.94 bits per heavy atom. The first-order valence-electron chi connectivity index (χ1n) is 11.3. The third kappa shape index (κ3) is 5.24. The molecule has 0 saturated carbocycles. The molecule has 1 amide bonds. The number of nitrogens with zero attached hydrogens (tertiary/aromatic N) is 3. The van der Waals surface area contributed by atoms with Gasteiger partial charge in [0.1, 0.15) is 5.75 Å². The van der Waals surface area contributed by atoms with E-state index in [0.717, 1.165) is 13.1 Å². The lowest BCUT2D eigenvalue weighted by Gasteiger charge is -2.34. The number of amides is 1. The van der Waals surface area contributed by atoms with Gasteiger partial charge in [0, 0.05) is 44.1 Å². The molecule has 1 aromatic heterocycles. The molecule has 2 aromatic rings. The molecule has 33 heavy (non-hydrogen) atoms. The Balaban J connectivity index is 1.53. The van der Waals surface area contributed by atoms with Gasteiger partial charge in [0.15, 0.2) is 0 Å². The second-order valence-electron chi connectivity index (χ2n) is 8.66. The number of hydrogen-bond acceptors (Lipinski definition) is 6. The average molecular weight is 477 g/mol. The Morgan fingerprint density at radius 3 is 2.67 bits per heavy atom. The lowest BCUT2D eigenvalue weighted by molar-refractivity contribution is -0.118. The maximum absolute atomic E-state index is 13.1. The number of rotatable bonds is 7. The van der Waals surface area contributed by atoms with E-state index in [2.05, 4.69) is 34.0 Å². The van der Waals surface area contributed by atoms with Crippen molar-refractivity contribution in [3.8, 4) is 5.75 Å². The summed E-state index contributed by atoms with van der Waals surface area (Å²) in [6, 6.07) is 8.83. The predicted molar refractivity (Wildman–Crippen MR) is 125 cm³/mol. The van der Waals surface area contributed by atoms with Crippen molar-refractivity contribution in [2.75, 3.05) is 44.7 Å². The summed E-state index contributed by atoms with van der Waals surface area (Å²) < 4.78 is 41.0. The Hall–Kier alpha value is -2.40. The topological polar surface area (TPSA) is 93.1 Å². The highest BCUT2D eigenvalue weighted by atomic mass is 32.2. The van der Waals surface area contributed by atoms with Crippen LogP contribution in [0, 0.1) is 0 Å². The highest BCUT2D eigenvalue weighted by molar-refractivity contribution is 7.89. The number of sulfonamides is 1. The molecule has 3 heterocycles. The molecule has 1 unspecified atom stereocenters. The number of anilines is 1. The highest BCUT2D eigenvalue weighted by Gasteiger charge is 2.28. The summed E-state index contributed by atoms with van der Waals surface area (Å²) in [7, 11) is -3.70. The van der Waals surface area contributed by atoms with Gasteiger partial charge < -0.3 is 19.4 Å². The fourth-order valence-electron chi connectivity index (χ4n) is 4.28. The van der Waals surface area contributed by atoms with E-state index < -0.39 is 10.0 Å². The molecule has 9 nitrogen and oxygen atoms in total. The van der Waals surface area contributed by atoms with E-state index in [1.807, 2.05) is 19.9 Å². The fourth-order valence-corrected chi connectivity index (χ4v) is 5.71. The Bertz CT molecular complexity index is 1090. The zero-order valence-corrected chi connectivity index (χ0v) is 20.2. The van der Waals surface area contributed by atoms with Gasteiger partial charge >= 0.3 is 0 Å². The third-order valence-corrected chi connectivity index (χ3v) is 7.91. The first-order chi connectivity index (χ1) is 15.8. The van der Waals surface area contributed by atoms with Crippen molar-refractivity contribution in [1.82, 2.24) is 13.8 Å². The van der Waals surface area contributed by atoms with Gasteiger partial charge in [-0.3, -0.25) is 9.69 Å².